The van der Waals surface area contributed by atoms with E-state index in [1.165, 1.54) is 24.3 Å². The van der Waals surface area contributed by atoms with Crippen molar-refractivity contribution in [3.8, 4) is 11.5 Å². The highest BCUT2D eigenvalue weighted by molar-refractivity contribution is 9.10. The molecule has 2 aromatic carbocycles. The first-order chi connectivity index (χ1) is 9.06. The van der Waals surface area contributed by atoms with Gasteiger partial charge in [-0.05, 0) is 36.4 Å². The Labute approximate surface area is 126 Å². The Balaban J connectivity index is 1.96. The van der Waals surface area contributed by atoms with E-state index < -0.39 is 11.6 Å². The van der Waals surface area contributed by atoms with E-state index in [1.54, 1.807) is 12.1 Å². The normalized spacial score (nSPS) is 10.1. The topological polar surface area (TPSA) is 18.5 Å². The van der Waals surface area contributed by atoms with Gasteiger partial charge < -0.3 is 9.31 Å². The molecule has 0 amide bonds. The Bertz CT molecular complexity index is 544. The monoisotopic (exact) mass is 389 g/mol. The zero-order chi connectivity index (χ0) is 13.8. The van der Waals surface area contributed by atoms with Gasteiger partial charge in [0.1, 0.15) is 11.5 Å². The maximum absolute atomic E-state index is 13.4. The average Bonchev–Trinajstić information content (AvgIpc) is 2.34. The van der Waals surface area contributed by atoms with E-state index in [0.717, 1.165) is 7.69 Å². The minimum absolute atomic E-state index is 0.0132. The van der Waals surface area contributed by atoms with Crippen molar-refractivity contribution in [2.75, 3.05) is 0 Å². The third-order valence-corrected chi connectivity index (χ3v) is 3.12. The second-order valence-corrected chi connectivity index (χ2v) is 5.31. The highest BCUT2D eigenvalue weighted by Crippen LogP contribution is 2.23. The van der Waals surface area contributed by atoms with Gasteiger partial charge in [0.05, 0.1) is 0 Å². The van der Waals surface area contributed by atoms with E-state index in [0.29, 0.717) is 8.95 Å². The summed E-state index contributed by atoms with van der Waals surface area (Å²) in [6, 6.07) is 8.60. The van der Waals surface area contributed by atoms with Crippen LogP contribution in [0.5, 0.6) is 11.5 Å². The smallest absolute Gasteiger partial charge is 0.524 e. The van der Waals surface area contributed by atoms with Crippen LogP contribution in [0.15, 0.2) is 45.3 Å². The van der Waals surface area contributed by atoms with Gasteiger partial charge in [-0.1, -0.05) is 31.9 Å². The molecule has 1 radical (unpaired) electrons. The van der Waals surface area contributed by atoms with Crippen LogP contribution in [0.3, 0.4) is 0 Å². The molecule has 0 fully saturated rings. The first-order valence-electron chi connectivity index (χ1n) is 5.11. The zero-order valence-electron chi connectivity index (χ0n) is 9.37. The number of halogens is 4. The summed E-state index contributed by atoms with van der Waals surface area (Å²) < 4.78 is 37.9. The molecule has 0 aromatic heterocycles. The molecule has 0 atom stereocenters. The van der Waals surface area contributed by atoms with Crippen molar-refractivity contribution in [3.05, 3.63) is 57.0 Å². The van der Waals surface area contributed by atoms with Crippen LogP contribution >= 0.6 is 31.9 Å². The Kier molecular flexibility index (Phi) is 4.82. The average molecular weight is 391 g/mol. The van der Waals surface area contributed by atoms with Gasteiger partial charge in [-0.2, -0.15) is 0 Å². The van der Waals surface area contributed by atoms with Crippen LogP contribution in [0, 0.1) is 11.6 Å². The maximum Gasteiger partial charge on any atom is 0.658 e. The molecule has 0 heterocycles. The summed E-state index contributed by atoms with van der Waals surface area (Å²) in [6.07, 6.45) is 0. The Morgan fingerprint density at radius 2 is 1.21 bits per heavy atom. The molecule has 0 N–H and O–H groups in total. The van der Waals surface area contributed by atoms with Gasteiger partial charge >= 0.3 is 7.69 Å². The van der Waals surface area contributed by atoms with Crippen molar-refractivity contribution in [3.63, 3.8) is 0 Å². The molecule has 2 nitrogen and oxygen atoms in total. The summed E-state index contributed by atoms with van der Waals surface area (Å²) in [4.78, 5) is 0. The van der Waals surface area contributed by atoms with E-state index in [1.807, 2.05) is 0 Å². The predicted octanol–water partition coefficient (Wildman–Crippen LogP) is 4.48. The number of rotatable bonds is 4. The maximum atomic E-state index is 13.4. The van der Waals surface area contributed by atoms with Crippen molar-refractivity contribution in [2.24, 2.45) is 0 Å². The van der Waals surface area contributed by atoms with Crippen LogP contribution in [0.4, 0.5) is 8.78 Å². The molecule has 2 rings (SSSR count). The number of benzene rings is 2. The molecule has 0 spiro atoms. The van der Waals surface area contributed by atoms with Gasteiger partial charge in [-0.25, -0.2) is 8.78 Å². The van der Waals surface area contributed by atoms with Crippen LogP contribution in [-0.2, 0) is 0 Å². The molecule has 0 saturated carbocycles. The lowest BCUT2D eigenvalue weighted by Crippen LogP contribution is -2.12. The molecule has 19 heavy (non-hydrogen) atoms. The second-order valence-electron chi connectivity index (χ2n) is 3.48. The Hall–Kier alpha value is -1.08. The first-order valence-corrected chi connectivity index (χ1v) is 6.70. The fraction of sp³-hybridized carbons (Fsp3) is 0. The van der Waals surface area contributed by atoms with Gasteiger partial charge in [0.2, 0.25) is 0 Å². The summed E-state index contributed by atoms with van der Waals surface area (Å²) in [5, 5.41) is 0. The molecule has 97 valence electrons. The highest BCUT2D eigenvalue weighted by Gasteiger charge is 2.09. The van der Waals surface area contributed by atoms with Gasteiger partial charge in [0.25, 0.3) is 0 Å². The number of hydrogen-bond acceptors (Lipinski definition) is 2. The SMILES string of the molecule is Fc1cc(Br)ccc1O[B]Oc1ccc(Br)cc1F. The van der Waals surface area contributed by atoms with E-state index in [2.05, 4.69) is 31.9 Å². The third-order valence-electron chi connectivity index (χ3n) is 2.14. The van der Waals surface area contributed by atoms with E-state index in [9.17, 15) is 8.78 Å². The Morgan fingerprint density at radius 1 is 0.789 bits per heavy atom. The van der Waals surface area contributed by atoms with Crippen LogP contribution in [-0.4, -0.2) is 7.69 Å². The molecule has 0 aliphatic heterocycles. The molecular weight excluding hydrogens is 385 g/mol. The molecular formula is C12H6BBr2F2O2. The zero-order valence-corrected chi connectivity index (χ0v) is 12.5. The van der Waals surface area contributed by atoms with Crippen molar-refractivity contribution in [1.29, 1.82) is 0 Å². The molecule has 0 bridgehead atoms. The van der Waals surface area contributed by atoms with Gasteiger partial charge in [0.15, 0.2) is 11.6 Å². The quantitative estimate of drug-likeness (QED) is 0.716. The number of hydrogen-bond donors (Lipinski definition) is 0. The van der Waals surface area contributed by atoms with Crippen molar-refractivity contribution < 1.29 is 18.1 Å². The first kappa shape index (κ1) is 14.3. The van der Waals surface area contributed by atoms with Crippen LogP contribution in [0.2, 0.25) is 0 Å². The summed E-state index contributed by atoms with van der Waals surface area (Å²) in [7, 11) is 0.874. The molecule has 0 aliphatic rings. The summed E-state index contributed by atoms with van der Waals surface area (Å²) in [5.74, 6) is -1.13. The predicted molar refractivity (Wildman–Crippen MR) is 75.2 cm³/mol. The van der Waals surface area contributed by atoms with E-state index >= 15 is 0 Å². The van der Waals surface area contributed by atoms with Crippen molar-refractivity contribution >= 4 is 39.5 Å². The largest absolute Gasteiger partial charge is 0.658 e. The molecule has 7 heteroatoms. The highest BCUT2D eigenvalue weighted by atomic mass is 79.9. The fourth-order valence-corrected chi connectivity index (χ4v) is 1.94. The molecule has 0 saturated heterocycles. The Morgan fingerprint density at radius 3 is 1.58 bits per heavy atom. The lowest BCUT2D eigenvalue weighted by Gasteiger charge is -2.08. The minimum atomic E-state index is -0.550. The second kappa shape index (κ2) is 6.39. The van der Waals surface area contributed by atoms with Crippen molar-refractivity contribution in [2.45, 2.75) is 0 Å². The van der Waals surface area contributed by atoms with Crippen molar-refractivity contribution in [1.82, 2.24) is 0 Å². The lowest BCUT2D eigenvalue weighted by molar-refractivity contribution is 0.421. The molecule has 0 unspecified atom stereocenters. The van der Waals surface area contributed by atoms with Crippen LogP contribution < -0.4 is 9.31 Å². The lowest BCUT2D eigenvalue weighted by atomic mass is 10.3. The van der Waals surface area contributed by atoms with E-state index in [-0.39, 0.29) is 11.5 Å². The minimum Gasteiger partial charge on any atom is -0.524 e. The van der Waals surface area contributed by atoms with E-state index in [4.69, 9.17) is 9.31 Å². The standard InChI is InChI=1S/C12H6BBr2F2O2/c14-7-1-3-11(9(16)5-7)18-13-19-12-4-2-8(15)6-10(12)17/h1-6H. The summed E-state index contributed by atoms with van der Waals surface area (Å²) in [6.45, 7) is 0. The third kappa shape index (κ3) is 3.94. The van der Waals surface area contributed by atoms with Gasteiger partial charge in [-0.3, -0.25) is 0 Å². The van der Waals surface area contributed by atoms with Gasteiger partial charge in [-0.15, -0.1) is 0 Å². The molecule has 0 aliphatic carbocycles. The molecule has 2 aromatic rings. The van der Waals surface area contributed by atoms with Gasteiger partial charge in [0, 0.05) is 8.95 Å². The fourth-order valence-electron chi connectivity index (χ4n) is 1.27. The van der Waals surface area contributed by atoms with Crippen LogP contribution in [0.1, 0.15) is 0 Å². The van der Waals surface area contributed by atoms with Crippen LogP contribution in [0.25, 0.3) is 0 Å². The summed E-state index contributed by atoms with van der Waals surface area (Å²) >= 11 is 6.25. The summed E-state index contributed by atoms with van der Waals surface area (Å²) in [5.41, 5.74) is 0.